The fourth-order valence-electron chi connectivity index (χ4n) is 1.72. The summed E-state index contributed by atoms with van der Waals surface area (Å²) in [7, 11) is 0.552. The molecule has 0 fully saturated rings. The van der Waals surface area contributed by atoms with Crippen LogP contribution in [0.5, 0.6) is 11.5 Å². The fourth-order valence-corrected chi connectivity index (χ4v) is 3.45. The zero-order chi connectivity index (χ0) is 13.9. The molecule has 0 aliphatic rings. The van der Waals surface area contributed by atoms with E-state index in [0.29, 0.717) is 16.4 Å². The van der Waals surface area contributed by atoms with Gasteiger partial charge in [-0.05, 0) is 38.3 Å². The normalized spacial score (nSPS) is 14.3. The molecule has 0 saturated heterocycles. The van der Waals surface area contributed by atoms with Gasteiger partial charge in [-0.3, -0.25) is 0 Å². The summed E-state index contributed by atoms with van der Waals surface area (Å²) in [5.74, 6) is 5.00. The summed E-state index contributed by atoms with van der Waals surface area (Å²) in [5.41, 5.74) is 0.898. The van der Waals surface area contributed by atoms with Gasteiger partial charge in [0.25, 0.3) is 0 Å². The molecule has 1 rings (SSSR count). The Morgan fingerprint density at radius 2 is 1.78 bits per heavy atom. The Morgan fingerprint density at radius 1 is 1.22 bits per heavy atom. The van der Waals surface area contributed by atoms with E-state index in [1.165, 1.54) is 0 Å². The number of benzene rings is 1. The third-order valence-electron chi connectivity index (χ3n) is 2.46. The molecule has 0 aliphatic heterocycles. The van der Waals surface area contributed by atoms with Gasteiger partial charge in [0.1, 0.15) is 11.5 Å². The lowest BCUT2D eigenvalue weighted by molar-refractivity contribution is 0.385. The second-order valence-electron chi connectivity index (χ2n) is 4.42. The van der Waals surface area contributed by atoms with Gasteiger partial charge in [-0.2, -0.15) is 0 Å². The maximum atomic E-state index is 12.6. The third-order valence-corrected chi connectivity index (χ3v) is 4.34. The first kappa shape index (κ1) is 14.9. The highest BCUT2D eigenvalue weighted by molar-refractivity contribution is 7.98. The molecule has 0 aliphatic carbocycles. The third kappa shape index (κ3) is 3.17. The number of ether oxygens (including phenoxy) is 2. The van der Waals surface area contributed by atoms with E-state index in [-0.39, 0.29) is 6.04 Å². The van der Waals surface area contributed by atoms with Crippen molar-refractivity contribution >= 4 is 15.6 Å². The van der Waals surface area contributed by atoms with Crippen molar-refractivity contribution in [3.63, 3.8) is 0 Å². The average Bonchev–Trinajstić information content (AvgIpc) is 2.27. The second-order valence-corrected chi connectivity index (χ2v) is 6.45. The second kappa shape index (κ2) is 5.63. The van der Waals surface area contributed by atoms with Crippen molar-refractivity contribution in [1.29, 1.82) is 0 Å². The largest absolute Gasteiger partial charge is 0.496 e. The van der Waals surface area contributed by atoms with Crippen molar-refractivity contribution in [2.24, 2.45) is 0 Å². The maximum absolute atomic E-state index is 12.6. The summed E-state index contributed by atoms with van der Waals surface area (Å²) >= 11 is 0. The first-order valence-corrected chi connectivity index (χ1v) is 7.41. The van der Waals surface area contributed by atoms with Crippen LogP contribution in [0.15, 0.2) is 17.0 Å². The van der Waals surface area contributed by atoms with Gasteiger partial charge >= 0.3 is 0 Å². The van der Waals surface area contributed by atoms with Crippen molar-refractivity contribution in [3.8, 4) is 11.5 Å². The molecule has 1 atom stereocenters. The molecule has 0 amide bonds. The van der Waals surface area contributed by atoms with Crippen LogP contribution in [0.1, 0.15) is 19.4 Å². The van der Waals surface area contributed by atoms with Crippen molar-refractivity contribution in [2.75, 3.05) is 14.2 Å². The summed E-state index contributed by atoms with van der Waals surface area (Å²) in [4.78, 5) is 0.567. The first-order chi connectivity index (χ1) is 8.31. The van der Waals surface area contributed by atoms with Crippen LogP contribution < -0.4 is 14.2 Å². The minimum atomic E-state index is -2.58. The van der Waals surface area contributed by atoms with Crippen LogP contribution in [0.4, 0.5) is 0 Å². The predicted molar refractivity (Wildman–Crippen MR) is 76.1 cm³/mol. The molecule has 1 N–H and O–H groups in total. The average molecular weight is 271 g/mol. The molecular formula is C13H21NO3S. The van der Waals surface area contributed by atoms with Gasteiger partial charge < -0.3 is 9.47 Å². The maximum Gasteiger partial charge on any atom is 0.139 e. The van der Waals surface area contributed by atoms with Crippen LogP contribution in [0.25, 0.3) is 0 Å². The fraction of sp³-hybridized carbons (Fsp3) is 0.462. The Bertz CT molecular complexity index is 521. The van der Waals surface area contributed by atoms with Crippen LogP contribution >= 0.6 is 0 Å². The topological polar surface area (TPSA) is 47.6 Å². The lowest BCUT2D eigenvalue weighted by Crippen LogP contribution is -2.30. The number of nitrogens with one attached hydrogen (secondary N) is 1. The summed E-state index contributed by atoms with van der Waals surface area (Å²) in [6, 6.07) is 3.60. The molecule has 0 spiro atoms. The SMILES string of the molecule is C=S(=O)(NC(C)C)c1cc(C)c(OC)cc1OC. The summed E-state index contributed by atoms with van der Waals surface area (Å²) in [6.07, 6.45) is 0. The molecule has 1 aromatic carbocycles. The van der Waals surface area contributed by atoms with E-state index in [9.17, 15) is 4.21 Å². The number of rotatable bonds is 5. The molecule has 1 unspecified atom stereocenters. The van der Waals surface area contributed by atoms with Gasteiger partial charge in [-0.15, -0.1) is 0 Å². The van der Waals surface area contributed by atoms with Crippen molar-refractivity contribution in [2.45, 2.75) is 31.7 Å². The lowest BCUT2D eigenvalue weighted by Gasteiger charge is -2.18. The Kier molecular flexibility index (Phi) is 4.65. The number of aryl methyl sites for hydroxylation is 1. The number of hydrogen-bond donors (Lipinski definition) is 1. The van der Waals surface area contributed by atoms with Gasteiger partial charge in [-0.25, -0.2) is 8.93 Å². The zero-order valence-corrected chi connectivity index (χ0v) is 12.4. The molecule has 18 heavy (non-hydrogen) atoms. The summed E-state index contributed by atoms with van der Waals surface area (Å²) in [5, 5.41) is 0. The van der Waals surface area contributed by atoms with E-state index in [4.69, 9.17) is 9.47 Å². The van der Waals surface area contributed by atoms with E-state index < -0.39 is 9.71 Å². The van der Waals surface area contributed by atoms with E-state index in [1.54, 1.807) is 26.4 Å². The van der Waals surface area contributed by atoms with Gasteiger partial charge in [0.2, 0.25) is 0 Å². The van der Waals surface area contributed by atoms with E-state index in [0.717, 1.165) is 5.56 Å². The van der Waals surface area contributed by atoms with Crippen molar-refractivity contribution < 1.29 is 13.7 Å². The number of methoxy groups -OCH3 is 2. The standard InChI is InChI=1S/C13H21NO3S/c1-9(2)14-18(6,15)13-7-10(3)11(16-4)8-12(13)17-5/h7-9H,6H2,1-5H3,(H,14,15). The minimum Gasteiger partial charge on any atom is -0.496 e. The minimum absolute atomic E-state index is 0.0714. The first-order valence-electron chi connectivity index (χ1n) is 5.69. The highest BCUT2D eigenvalue weighted by Gasteiger charge is 2.17. The van der Waals surface area contributed by atoms with Crippen molar-refractivity contribution in [3.05, 3.63) is 17.7 Å². The monoisotopic (exact) mass is 271 g/mol. The van der Waals surface area contributed by atoms with Gasteiger partial charge in [0, 0.05) is 12.1 Å². The van der Waals surface area contributed by atoms with Crippen LogP contribution in [-0.4, -0.2) is 30.3 Å². The molecule has 0 radical (unpaired) electrons. The summed E-state index contributed by atoms with van der Waals surface area (Å²) in [6.45, 7) is 5.74. The zero-order valence-electron chi connectivity index (χ0n) is 11.6. The number of hydrogen-bond acceptors (Lipinski definition) is 3. The molecule has 5 heteroatoms. The smallest absolute Gasteiger partial charge is 0.139 e. The van der Waals surface area contributed by atoms with Crippen LogP contribution in [0, 0.1) is 6.92 Å². The highest BCUT2D eigenvalue weighted by atomic mass is 32.2. The molecule has 0 aromatic heterocycles. The molecule has 0 saturated carbocycles. The van der Waals surface area contributed by atoms with Gasteiger partial charge in [-0.1, -0.05) is 0 Å². The molecule has 1 aromatic rings. The van der Waals surface area contributed by atoms with E-state index in [1.807, 2.05) is 20.8 Å². The van der Waals surface area contributed by atoms with E-state index in [2.05, 4.69) is 10.6 Å². The quantitative estimate of drug-likeness (QED) is 0.833. The Morgan fingerprint density at radius 3 is 2.22 bits per heavy atom. The van der Waals surface area contributed by atoms with Crippen LogP contribution in [0.3, 0.4) is 0 Å². The molecule has 0 heterocycles. The Hall–Kier alpha value is -1.20. The molecular weight excluding hydrogens is 250 g/mol. The lowest BCUT2D eigenvalue weighted by atomic mass is 10.2. The van der Waals surface area contributed by atoms with Crippen LogP contribution in [-0.2, 0) is 9.71 Å². The van der Waals surface area contributed by atoms with Gasteiger partial charge in [0.15, 0.2) is 0 Å². The summed E-state index contributed by atoms with van der Waals surface area (Å²) < 4.78 is 26.1. The van der Waals surface area contributed by atoms with Crippen LogP contribution in [0.2, 0.25) is 0 Å². The highest BCUT2D eigenvalue weighted by Crippen LogP contribution is 2.31. The molecule has 0 bridgehead atoms. The Labute approximate surface area is 109 Å². The molecule has 102 valence electrons. The Balaban J connectivity index is 3.36. The van der Waals surface area contributed by atoms with E-state index >= 15 is 0 Å². The van der Waals surface area contributed by atoms with Gasteiger partial charge in [0.05, 0.1) is 28.8 Å². The van der Waals surface area contributed by atoms with Crippen molar-refractivity contribution in [1.82, 2.24) is 4.72 Å². The molecule has 4 nitrogen and oxygen atoms in total. The predicted octanol–water partition coefficient (Wildman–Crippen LogP) is 2.00.